The number of rotatable bonds is 5. The fraction of sp³-hybridized carbons (Fsp3) is 0.500. The molecule has 0 radical (unpaired) electrons. The number of carbonyl (C=O) groups excluding carboxylic acids is 1. The molecule has 0 bridgehead atoms. The van der Waals surface area contributed by atoms with Crippen LogP contribution in [-0.2, 0) is 6.54 Å². The molecule has 1 amide bonds. The summed E-state index contributed by atoms with van der Waals surface area (Å²) in [6.45, 7) is 6.05. The highest BCUT2D eigenvalue weighted by atomic mass is 16.3. The summed E-state index contributed by atoms with van der Waals surface area (Å²) in [5.41, 5.74) is 11.9. The smallest absolute Gasteiger partial charge is 0.255 e. The van der Waals surface area contributed by atoms with Gasteiger partial charge in [0.1, 0.15) is 17.2 Å². The quantitative estimate of drug-likeness (QED) is 0.411. The predicted octanol–water partition coefficient (Wildman–Crippen LogP) is 3.59. The van der Waals surface area contributed by atoms with Crippen LogP contribution in [0.4, 0.5) is 5.82 Å². The van der Waals surface area contributed by atoms with E-state index in [1.807, 2.05) is 27.7 Å². The number of fused-ring (bicyclic) bond motifs is 2. The van der Waals surface area contributed by atoms with E-state index in [9.17, 15) is 9.90 Å². The van der Waals surface area contributed by atoms with Crippen molar-refractivity contribution in [2.24, 2.45) is 11.7 Å². The van der Waals surface area contributed by atoms with E-state index in [1.165, 1.54) is 12.8 Å². The van der Waals surface area contributed by atoms with Crippen molar-refractivity contribution in [3.63, 3.8) is 0 Å². The summed E-state index contributed by atoms with van der Waals surface area (Å²) in [4.78, 5) is 22.5. The van der Waals surface area contributed by atoms with Gasteiger partial charge in [-0.3, -0.25) is 4.79 Å². The molecule has 1 aliphatic carbocycles. The summed E-state index contributed by atoms with van der Waals surface area (Å²) in [6, 6.07) is 10.5. The number of amides is 1. The lowest BCUT2D eigenvalue weighted by atomic mass is 10.1. The highest BCUT2D eigenvalue weighted by Gasteiger charge is 2.28. The van der Waals surface area contributed by atoms with Crippen LogP contribution in [0.2, 0.25) is 0 Å². The van der Waals surface area contributed by atoms with Crippen LogP contribution in [0.5, 0.6) is 0 Å². The summed E-state index contributed by atoms with van der Waals surface area (Å²) in [5.74, 6) is 1.67. The lowest BCUT2D eigenvalue weighted by Gasteiger charge is -2.30. The van der Waals surface area contributed by atoms with Crippen molar-refractivity contribution >= 4 is 28.3 Å². The molecule has 39 heavy (non-hydrogen) atoms. The second kappa shape index (κ2) is 9.64. The summed E-state index contributed by atoms with van der Waals surface area (Å²) in [5, 5.41) is 16.1. The van der Waals surface area contributed by atoms with E-state index in [-0.39, 0.29) is 18.1 Å². The number of hydrogen-bond donors (Lipinski definition) is 2. The van der Waals surface area contributed by atoms with Gasteiger partial charge in [-0.25, -0.2) is 9.50 Å². The zero-order valence-electron chi connectivity index (χ0n) is 22.6. The van der Waals surface area contributed by atoms with E-state index >= 15 is 0 Å². The van der Waals surface area contributed by atoms with Gasteiger partial charge in [-0.1, -0.05) is 0 Å². The van der Waals surface area contributed by atoms with Gasteiger partial charge in [-0.05, 0) is 81.7 Å². The molecule has 9 heteroatoms. The normalized spacial score (nSPS) is 20.8. The van der Waals surface area contributed by atoms with Gasteiger partial charge in [-0.15, -0.1) is 0 Å². The van der Waals surface area contributed by atoms with Gasteiger partial charge in [0, 0.05) is 55.9 Å². The number of nitrogens with zero attached hydrogens (tertiary/aromatic N) is 6. The molecule has 6 heterocycles. The Balaban J connectivity index is 1.27. The number of pyridine rings is 2. The number of aryl methyl sites for hydroxylation is 1. The van der Waals surface area contributed by atoms with Gasteiger partial charge in [0.15, 0.2) is 0 Å². The molecular weight excluding hydrogens is 490 g/mol. The third-order valence-corrected chi connectivity index (χ3v) is 8.77. The lowest BCUT2D eigenvalue weighted by Crippen LogP contribution is -2.45. The van der Waals surface area contributed by atoms with Crippen LogP contribution in [-0.4, -0.2) is 73.4 Å². The van der Waals surface area contributed by atoms with E-state index in [4.69, 9.17) is 15.8 Å². The van der Waals surface area contributed by atoms with E-state index in [0.717, 1.165) is 91.2 Å². The number of hydrogen-bond acceptors (Lipinski definition) is 6. The first-order valence-corrected chi connectivity index (χ1v) is 14.4. The SMILES string of the molecule is Cc1c(-c2cc3ccc(N4CCC(O)CC4)nc3n2CC2CC2)nn2cc(C(=O)N3CCC[C@@H](N)C3)ccc12. The minimum Gasteiger partial charge on any atom is -0.393 e. The topological polar surface area (TPSA) is 105 Å². The van der Waals surface area contributed by atoms with Crippen LogP contribution < -0.4 is 10.6 Å². The number of aliphatic hydroxyl groups excluding tert-OH is 1. The Hall–Kier alpha value is -3.43. The zero-order valence-corrected chi connectivity index (χ0v) is 22.6. The average Bonchev–Trinajstić information content (AvgIpc) is 3.62. The fourth-order valence-corrected chi connectivity index (χ4v) is 6.25. The third-order valence-electron chi connectivity index (χ3n) is 8.77. The van der Waals surface area contributed by atoms with Crippen LogP contribution in [0.1, 0.15) is 54.4 Å². The average molecular weight is 528 g/mol. The van der Waals surface area contributed by atoms with E-state index in [0.29, 0.717) is 18.0 Å². The third kappa shape index (κ3) is 4.57. The second-order valence-corrected chi connectivity index (χ2v) is 11.8. The Morgan fingerprint density at radius 2 is 1.90 bits per heavy atom. The van der Waals surface area contributed by atoms with E-state index < -0.39 is 0 Å². The molecule has 2 saturated heterocycles. The van der Waals surface area contributed by atoms with Crippen molar-refractivity contribution < 1.29 is 9.90 Å². The monoisotopic (exact) mass is 527 g/mol. The number of piperidine rings is 2. The Kier molecular flexibility index (Phi) is 6.08. The van der Waals surface area contributed by atoms with Crippen molar-refractivity contribution in [1.29, 1.82) is 0 Å². The molecule has 3 fully saturated rings. The summed E-state index contributed by atoms with van der Waals surface area (Å²) < 4.78 is 4.21. The molecule has 204 valence electrons. The minimum atomic E-state index is -0.207. The Bertz CT molecular complexity index is 1540. The zero-order chi connectivity index (χ0) is 26.7. The van der Waals surface area contributed by atoms with Crippen molar-refractivity contribution in [3.05, 3.63) is 47.7 Å². The molecule has 3 N–H and O–H groups in total. The first kappa shape index (κ1) is 24.6. The molecule has 2 aliphatic heterocycles. The molecule has 0 unspecified atom stereocenters. The van der Waals surface area contributed by atoms with Gasteiger partial charge in [0.25, 0.3) is 5.91 Å². The summed E-state index contributed by atoms with van der Waals surface area (Å²) in [7, 11) is 0. The number of carbonyl (C=O) groups is 1. The second-order valence-electron chi connectivity index (χ2n) is 11.8. The van der Waals surface area contributed by atoms with Gasteiger partial charge < -0.3 is 25.2 Å². The number of nitrogens with two attached hydrogens (primary N) is 1. The molecule has 7 rings (SSSR count). The number of aromatic nitrogens is 4. The molecule has 0 aromatic carbocycles. The standard InChI is InChI=1S/C30H37N7O2/c1-19-25-8-6-22(30(39)35-12-2-3-23(31)18-35)17-37(25)33-28(19)26-15-21-7-9-27(34-13-10-24(38)11-14-34)32-29(21)36(26)16-20-4-5-20/h6-9,15,17,20,23-24,38H,2-5,10-14,16,18,31H2,1H3/t23-/m1/s1. The molecule has 1 saturated carbocycles. The van der Waals surface area contributed by atoms with Crippen LogP contribution in [0, 0.1) is 12.8 Å². The van der Waals surface area contributed by atoms with E-state index in [1.54, 1.807) is 0 Å². The Morgan fingerprint density at radius 3 is 2.67 bits per heavy atom. The Morgan fingerprint density at radius 1 is 1.08 bits per heavy atom. The van der Waals surface area contributed by atoms with Crippen LogP contribution >= 0.6 is 0 Å². The van der Waals surface area contributed by atoms with Crippen molar-refractivity contribution in [2.45, 2.75) is 64.1 Å². The van der Waals surface area contributed by atoms with Crippen LogP contribution in [0.15, 0.2) is 36.5 Å². The predicted molar refractivity (Wildman–Crippen MR) is 152 cm³/mol. The van der Waals surface area contributed by atoms with Gasteiger partial charge >= 0.3 is 0 Å². The number of likely N-dealkylation sites (tertiary alicyclic amines) is 1. The molecular formula is C30H37N7O2. The van der Waals surface area contributed by atoms with Gasteiger partial charge in [-0.2, -0.15) is 5.10 Å². The van der Waals surface area contributed by atoms with Gasteiger partial charge in [0.05, 0.1) is 22.9 Å². The molecule has 3 aliphatic rings. The van der Waals surface area contributed by atoms with Crippen molar-refractivity contribution in [2.75, 3.05) is 31.1 Å². The largest absolute Gasteiger partial charge is 0.393 e. The maximum absolute atomic E-state index is 13.2. The number of anilines is 1. The minimum absolute atomic E-state index is 0.0200. The first-order valence-electron chi connectivity index (χ1n) is 14.4. The molecule has 9 nitrogen and oxygen atoms in total. The molecule has 0 spiro atoms. The highest BCUT2D eigenvalue weighted by molar-refractivity contribution is 5.95. The highest BCUT2D eigenvalue weighted by Crippen LogP contribution is 2.37. The van der Waals surface area contributed by atoms with Crippen molar-refractivity contribution in [1.82, 2.24) is 24.1 Å². The number of aliphatic hydroxyl groups is 1. The maximum atomic E-state index is 13.2. The van der Waals surface area contributed by atoms with Crippen LogP contribution in [0.3, 0.4) is 0 Å². The summed E-state index contributed by atoms with van der Waals surface area (Å²) >= 11 is 0. The maximum Gasteiger partial charge on any atom is 0.255 e. The molecule has 4 aromatic heterocycles. The Labute approximate surface area is 228 Å². The molecule has 1 atom stereocenters. The fourth-order valence-electron chi connectivity index (χ4n) is 6.25. The lowest BCUT2D eigenvalue weighted by molar-refractivity contribution is 0.0708. The molecule has 4 aromatic rings. The van der Waals surface area contributed by atoms with Gasteiger partial charge in [0.2, 0.25) is 0 Å². The van der Waals surface area contributed by atoms with Crippen LogP contribution in [0.25, 0.3) is 27.9 Å². The van der Waals surface area contributed by atoms with Crippen molar-refractivity contribution in [3.8, 4) is 11.4 Å². The first-order chi connectivity index (χ1) is 18.9. The summed E-state index contributed by atoms with van der Waals surface area (Å²) in [6.07, 6.45) is 7.63. The van der Waals surface area contributed by atoms with E-state index in [2.05, 4.69) is 34.6 Å².